The van der Waals surface area contributed by atoms with Crippen LogP contribution in [0, 0.1) is 0 Å². The summed E-state index contributed by atoms with van der Waals surface area (Å²) in [6.45, 7) is 0.546. The van der Waals surface area contributed by atoms with Gasteiger partial charge in [-0.05, 0) is 67.1 Å². The number of anilines is 1. The smallest absolute Gasteiger partial charge is 0.235 e. The van der Waals surface area contributed by atoms with Gasteiger partial charge in [0.15, 0.2) is 5.88 Å². The standard InChI is InChI=1S/C24H23N3O3S/c28-22(26-21-7-3-4-11-25-21)15-31-24-19-6-2-1-5-18(19)23(29)27(24)14-16-8-9-20-17(13-16)10-12-30-20/h3-4,7-13,29H,1-2,5-6,14-15H2,(H,25,26,28). The number of rotatable bonds is 6. The summed E-state index contributed by atoms with van der Waals surface area (Å²) in [4.78, 5) is 16.6. The highest BCUT2D eigenvalue weighted by molar-refractivity contribution is 8.00. The molecule has 0 spiro atoms. The van der Waals surface area contributed by atoms with Gasteiger partial charge in [-0.25, -0.2) is 4.98 Å². The maximum Gasteiger partial charge on any atom is 0.235 e. The number of nitrogens with zero attached hydrogens (tertiary/aromatic N) is 2. The van der Waals surface area contributed by atoms with Crippen molar-refractivity contribution in [2.45, 2.75) is 37.3 Å². The minimum atomic E-state index is -0.111. The topological polar surface area (TPSA) is 80.3 Å². The summed E-state index contributed by atoms with van der Waals surface area (Å²) in [7, 11) is 0. The highest BCUT2D eigenvalue weighted by Crippen LogP contribution is 2.40. The van der Waals surface area contributed by atoms with Gasteiger partial charge in [0.1, 0.15) is 11.4 Å². The number of benzene rings is 1. The number of carbonyl (C=O) groups excluding carboxylic acids is 1. The second-order valence-electron chi connectivity index (χ2n) is 7.72. The Morgan fingerprint density at radius 1 is 1.16 bits per heavy atom. The van der Waals surface area contributed by atoms with Gasteiger partial charge in [-0.3, -0.25) is 4.79 Å². The number of carbonyl (C=O) groups is 1. The average Bonchev–Trinajstić information content (AvgIpc) is 3.36. The first-order valence-corrected chi connectivity index (χ1v) is 11.4. The molecule has 5 rings (SSSR count). The Kier molecular flexibility index (Phi) is 5.42. The maximum absolute atomic E-state index is 12.5. The summed E-state index contributed by atoms with van der Waals surface area (Å²) in [6, 6.07) is 13.4. The van der Waals surface area contributed by atoms with E-state index in [1.807, 2.05) is 34.9 Å². The number of fused-ring (bicyclic) bond motifs is 2. The van der Waals surface area contributed by atoms with Crippen molar-refractivity contribution < 1.29 is 14.3 Å². The van der Waals surface area contributed by atoms with Gasteiger partial charge in [0.25, 0.3) is 0 Å². The Morgan fingerprint density at radius 2 is 2.03 bits per heavy atom. The third-order valence-corrected chi connectivity index (χ3v) is 6.77. The molecule has 3 heterocycles. The fraction of sp³-hybridized carbons (Fsp3) is 0.250. The lowest BCUT2D eigenvalue weighted by Gasteiger charge is -2.13. The van der Waals surface area contributed by atoms with Gasteiger partial charge >= 0.3 is 0 Å². The van der Waals surface area contributed by atoms with Crippen molar-refractivity contribution in [3.8, 4) is 5.88 Å². The molecule has 7 heteroatoms. The normalized spacial score (nSPS) is 13.3. The van der Waals surface area contributed by atoms with Crippen LogP contribution in [0.3, 0.4) is 0 Å². The van der Waals surface area contributed by atoms with E-state index in [0.29, 0.717) is 18.2 Å². The summed E-state index contributed by atoms with van der Waals surface area (Å²) in [5, 5.41) is 15.9. The van der Waals surface area contributed by atoms with Crippen LogP contribution in [0.5, 0.6) is 5.88 Å². The molecule has 0 unspecified atom stereocenters. The van der Waals surface area contributed by atoms with Gasteiger partial charge < -0.3 is 19.4 Å². The van der Waals surface area contributed by atoms with Gasteiger partial charge in [-0.1, -0.05) is 23.9 Å². The molecule has 4 aromatic rings. The first kappa shape index (κ1) is 19.8. The highest BCUT2D eigenvalue weighted by atomic mass is 32.2. The third-order valence-electron chi connectivity index (χ3n) is 5.63. The Hall–Kier alpha value is -3.19. The lowest BCUT2D eigenvalue weighted by molar-refractivity contribution is -0.113. The summed E-state index contributed by atoms with van der Waals surface area (Å²) in [5.41, 5.74) is 4.14. The van der Waals surface area contributed by atoms with Crippen LogP contribution in [-0.4, -0.2) is 26.3 Å². The lowest BCUT2D eigenvalue weighted by Crippen LogP contribution is -2.15. The first-order valence-electron chi connectivity index (χ1n) is 10.4. The van der Waals surface area contributed by atoms with E-state index in [0.717, 1.165) is 52.8 Å². The minimum absolute atomic E-state index is 0.111. The zero-order valence-corrected chi connectivity index (χ0v) is 17.8. The average molecular weight is 434 g/mol. The number of furan rings is 1. The number of hydrogen-bond acceptors (Lipinski definition) is 5. The number of hydrogen-bond donors (Lipinski definition) is 2. The second-order valence-corrected chi connectivity index (χ2v) is 8.69. The molecule has 3 aromatic heterocycles. The van der Waals surface area contributed by atoms with Gasteiger partial charge in [-0.2, -0.15) is 0 Å². The SMILES string of the molecule is O=C(CSc1c2c(c(O)n1Cc1ccc3occc3c1)CCCC2)Nc1ccccn1. The van der Waals surface area contributed by atoms with E-state index in [2.05, 4.69) is 16.4 Å². The van der Waals surface area contributed by atoms with Crippen LogP contribution in [0.15, 0.2) is 64.4 Å². The van der Waals surface area contributed by atoms with Crippen molar-refractivity contribution in [1.29, 1.82) is 0 Å². The monoisotopic (exact) mass is 433 g/mol. The first-order chi connectivity index (χ1) is 15.2. The molecule has 0 fully saturated rings. The highest BCUT2D eigenvalue weighted by Gasteiger charge is 2.25. The van der Waals surface area contributed by atoms with Crippen LogP contribution in [0.1, 0.15) is 29.5 Å². The molecule has 6 nitrogen and oxygen atoms in total. The number of pyridine rings is 1. The van der Waals surface area contributed by atoms with Crippen molar-refractivity contribution >= 4 is 34.5 Å². The number of aromatic nitrogens is 2. The molecule has 2 N–H and O–H groups in total. The van der Waals surface area contributed by atoms with E-state index in [9.17, 15) is 9.90 Å². The van der Waals surface area contributed by atoms with E-state index in [4.69, 9.17) is 4.42 Å². The van der Waals surface area contributed by atoms with Crippen LogP contribution in [0.25, 0.3) is 11.0 Å². The van der Waals surface area contributed by atoms with Crippen LogP contribution in [-0.2, 0) is 24.2 Å². The van der Waals surface area contributed by atoms with Crippen LogP contribution in [0.2, 0.25) is 0 Å². The molecule has 1 aliphatic carbocycles. The zero-order valence-electron chi connectivity index (χ0n) is 17.0. The Balaban J connectivity index is 1.40. The molecule has 0 aliphatic heterocycles. The molecule has 0 saturated heterocycles. The summed E-state index contributed by atoms with van der Waals surface area (Å²) in [5.74, 6) is 1.02. The van der Waals surface area contributed by atoms with Crippen molar-refractivity contribution in [2.75, 3.05) is 11.1 Å². The predicted octanol–water partition coefficient (Wildman–Crippen LogP) is 4.99. The fourth-order valence-corrected chi connectivity index (χ4v) is 5.21. The molecule has 0 atom stereocenters. The van der Waals surface area contributed by atoms with Crippen molar-refractivity contribution in [1.82, 2.24) is 9.55 Å². The Morgan fingerprint density at radius 3 is 2.87 bits per heavy atom. The van der Waals surface area contributed by atoms with Crippen LogP contribution < -0.4 is 5.32 Å². The summed E-state index contributed by atoms with van der Waals surface area (Å²) < 4.78 is 7.40. The summed E-state index contributed by atoms with van der Waals surface area (Å²) >= 11 is 1.48. The third kappa shape index (κ3) is 4.05. The number of nitrogens with one attached hydrogen (secondary N) is 1. The van der Waals surface area contributed by atoms with Gasteiger partial charge in [0, 0.05) is 17.1 Å². The second kappa shape index (κ2) is 8.51. The van der Waals surface area contributed by atoms with E-state index >= 15 is 0 Å². The number of amides is 1. The molecular formula is C24H23N3O3S. The molecule has 158 valence electrons. The molecule has 0 saturated carbocycles. The number of thioether (sulfide) groups is 1. The zero-order chi connectivity index (χ0) is 21.2. The fourth-order valence-electron chi connectivity index (χ4n) is 4.17. The van der Waals surface area contributed by atoms with Crippen molar-refractivity contribution in [3.05, 3.63) is 71.6 Å². The predicted molar refractivity (Wildman–Crippen MR) is 122 cm³/mol. The number of aromatic hydroxyl groups is 1. The Bertz CT molecular complexity index is 1230. The van der Waals surface area contributed by atoms with Crippen LogP contribution >= 0.6 is 11.8 Å². The molecule has 0 bridgehead atoms. The van der Waals surface area contributed by atoms with E-state index in [-0.39, 0.29) is 11.7 Å². The van der Waals surface area contributed by atoms with E-state index in [1.165, 1.54) is 17.3 Å². The van der Waals surface area contributed by atoms with Gasteiger partial charge in [-0.15, -0.1) is 0 Å². The summed E-state index contributed by atoms with van der Waals surface area (Å²) in [6.07, 6.45) is 7.32. The van der Waals surface area contributed by atoms with Gasteiger partial charge in [0.05, 0.1) is 23.6 Å². The van der Waals surface area contributed by atoms with Crippen LogP contribution in [0.4, 0.5) is 5.82 Å². The minimum Gasteiger partial charge on any atom is -0.494 e. The van der Waals surface area contributed by atoms with Crippen molar-refractivity contribution in [2.24, 2.45) is 0 Å². The maximum atomic E-state index is 12.5. The van der Waals surface area contributed by atoms with Gasteiger partial charge in [0.2, 0.25) is 5.91 Å². The Labute approximate surface area is 184 Å². The quantitative estimate of drug-likeness (QED) is 0.419. The molecule has 1 amide bonds. The van der Waals surface area contributed by atoms with E-state index in [1.54, 1.807) is 18.5 Å². The largest absolute Gasteiger partial charge is 0.494 e. The van der Waals surface area contributed by atoms with Crippen molar-refractivity contribution in [3.63, 3.8) is 0 Å². The van der Waals surface area contributed by atoms with E-state index < -0.39 is 0 Å². The molecule has 1 aromatic carbocycles. The lowest BCUT2D eigenvalue weighted by atomic mass is 9.95. The molecule has 0 radical (unpaired) electrons. The molecule has 1 aliphatic rings. The molecule has 31 heavy (non-hydrogen) atoms. The molecular weight excluding hydrogens is 410 g/mol.